The summed E-state index contributed by atoms with van der Waals surface area (Å²) in [5, 5.41) is 4.37. The second-order valence-corrected chi connectivity index (χ2v) is 13.2. The summed E-state index contributed by atoms with van der Waals surface area (Å²) in [6.45, 7) is 0.400. The summed E-state index contributed by atoms with van der Waals surface area (Å²) in [6.07, 6.45) is 0. The first-order valence-corrected chi connectivity index (χ1v) is 17.8. The third-order valence-electron chi connectivity index (χ3n) is 9.81. The van der Waals surface area contributed by atoms with Gasteiger partial charge in [0.1, 0.15) is 17.0 Å². The van der Waals surface area contributed by atoms with E-state index in [0.717, 1.165) is 66.1 Å². The molecule has 0 atom stereocenters. The molecule has 0 aliphatic heterocycles. The predicted octanol–water partition coefficient (Wildman–Crippen LogP) is 12.1. The second-order valence-electron chi connectivity index (χ2n) is 13.2. The first-order chi connectivity index (χ1) is 26.2. The Bertz CT molecular complexity index is 2780. The van der Waals surface area contributed by atoms with Crippen molar-refractivity contribution in [1.82, 2.24) is 0 Å². The largest absolute Gasteiger partial charge is 0.456 e. The Hall–Kier alpha value is -7.04. The van der Waals surface area contributed by atoms with E-state index in [1.807, 2.05) is 54.6 Å². The molecule has 9 rings (SSSR count). The SMILES string of the molecule is N/C(=N\C(=N/Cc1cccc2oc3cc(-c4ccc(-c5ccccc5)cc4)ccc3c12)c1ccc2ccc(-c3ccccc3)cc2c1)c1ccccc1. The van der Waals surface area contributed by atoms with Crippen LogP contribution in [0.1, 0.15) is 16.7 Å². The van der Waals surface area contributed by atoms with Gasteiger partial charge in [0.25, 0.3) is 0 Å². The summed E-state index contributed by atoms with van der Waals surface area (Å²) in [5.41, 5.74) is 18.1. The Labute approximate surface area is 308 Å². The number of benzene rings is 8. The van der Waals surface area contributed by atoms with E-state index in [9.17, 15) is 0 Å². The minimum atomic E-state index is 0.400. The van der Waals surface area contributed by atoms with E-state index in [1.54, 1.807) is 0 Å². The third-order valence-corrected chi connectivity index (χ3v) is 9.81. The molecule has 0 saturated heterocycles. The number of hydrogen-bond donors (Lipinski definition) is 1. The molecule has 0 saturated carbocycles. The maximum atomic E-state index is 6.62. The smallest absolute Gasteiger partial charge is 0.157 e. The average Bonchev–Trinajstić information content (AvgIpc) is 3.61. The summed E-state index contributed by atoms with van der Waals surface area (Å²) in [7, 11) is 0. The number of nitrogens with two attached hydrogens (primary N) is 1. The van der Waals surface area contributed by atoms with Crippen LogP contribution in [0.4, 0.5) is 0 Å². The van der Waals surface area contributed by atoms with Gasteiger partial charge in [0.15, 0.2) is 5.84 Å². The lowest BCUT2D eigenvalue weighted by molar-refractivity contribution is 0.669. The van der Waals surface area contributed by atoms with Gasteiger partial charge in [0.2, 0.25) is 0 Å². The van der Waals surface area contributed by atoms with Crippen LogP contribution in [0.2, 0.25) is 0 Å². The van der Waals surface area contributed by atoms with Crippen LogP contribution in [0, 0.1) is 0 Å². The molecule has 0 aliphatic rings. The molecule has 4 heteroatoms. The summed E-state index contributed by atoms with van der Waals surface area (Å²) in [4.78, 5) is 10.1. The highest BCUT2D eigenvalue weighted by atomic mass is 16.3. The first kappa shape index (κ1) is 31.9. The maximum absolute atomic E-state index is 6.62. The van der Waals surface area contributed by atoms with Crippen LogP contribution < -0.4 is 5.73 Å². The van der Waals surface area contributed by atoms with E-state index in [0.29, 0.717) is 18.2 Å². The van der Waals surface area contributed by atoms with Gasteiger partial charge in [0.05, 0.1) is 6.54 Å². The summed E-state index contributed by atoms with van der Waals surface area (Å²) < 4.78 is 6.46. The van der Waals surface area contributed by atoms with Crippen LogP contribution in [-0.2, 0) is 6.54 Å². The standard InChI is InChI=1S/C49H35N3O/c50-48(38-15-8-3-9-16-38)52-49(41-26-24-37-23-25-39(29-43(37)30-41)34-13-6-2-7-14-34)51-32-42-17-10-18-45-47(42)44-28-27-40(31-46(44)53-45)36-21-19-35(20-22-36)33-11-4-1-5-12-33/h1-31H,32H2,(H2,50,51,52). The molecule has 53 heavy (non-hydrogen) atoms. The first-order valence-electron chi connectivity index (χ1n) is 17.8. The summed E-state index contributed by atoms with van der Waals surface area (Å²) >= 11 is 0. The molecular weight excluding hydrogens is 647 g/mol. The van der Waals surface area contributed by atoms with Gasteiger partial charge in [-0.1, -0.05) is 158 Å². The van der Waals surface area contributed by atoms with E-state index < -0.39 is 0 Å². The third kappa shape index (κ3) is 6.50. The number of fused-ring (bicyclic) bond motifs is 4. The predicted molar refractivity (Wildman–Crippen MR) is 221 cm³/mol. The van der Waals surface area contributed by atoms with E-state index >= 15 is 0 Å². The highest BCUT2D eigenvalue weighted by Gasteiger charge is 2.14. The van der Waals surface area contributed by atoms with Crippen molar-refractivity contribution in [3.8, 4) is 33.4 Å². The van der Waals surface area contributed by atoms with Gasteiger partial charge in [-0.2, -0.15) is 0 Å². The van der Waals surface area contributed by atoms with Crippen molar-refractivity contribution in [2.24, 2.45) is 15.7 Å². The van der Waals surface area contributed by atoms with Crippen LogP contribution in [0.15, 0.2) is 202 Å². The fraction of sp³-hybridized carbons (Fsp3) is 0.0204. The van der Waals surface area contributed by atoms with E-state index in [-0.39, 0.29) is 0 Å². The number of nitrogens with zero attached hydrogens (tertiary/aromatic N) is 2. The topological polar surface area (TPSA) is 63.9 Å². The molecule has 9 aromatic rings. The molecule has 0 bridgehead atoms. The van der Waals surface area contributed by atoms with E-state index in [2.05, 4.69) is 133 Å². The highest BCUT2D eigenvalue weighted by Crippen LogP contribution is 2.35. The summed E-state index contributed by atoms with van der Waals surface area (Å²) in [5.74, 6) is 0.989. The number of hydrogen-bond acceptors (Lipinski definition) is 2. The minimum Gasteiger partial charge on any atom is -0.456 e. The highest BCUT2D eigenvalue weighted by molar-refractivity contribution is 6.12. The second kappa shape index (κ2) is 13.9. The normalized spacial score (nSPS) is 12.2. The molecule has 0 amide bonds. The molecular formula is C49H35N3O. The molecule has 8 aromatic carbocycles. The van der Waals surface area contributed by atoms with Crippen LogP contribution in [-0.4, -0.2) is 11.7 Å². The Morgan fingerprint density at radius 1 is 0.453 bits per heavy atom. The fourth-order valence-corrected chi connectivity index (χ4v) is 7.03. The van der Waals surface area contributed by atoms with Gasteiger partial charge in [-0.05, 0) is 80.0 Å². The van der Waals surface area contributed by atoms with Crippen LogP contribution in [0.3, 0.4) is 0 Å². The monoisotopic (exact) mass is 681 g/mol. The minimum absolute atomic E-state index is 0.400. The average molecular weight is 682 g/mol. The fourth-order valence-electron chi connectivity index (χ4n) is 7.03. The zero-order valence-electron chi connectivity index (χ0n) is 29.0. The van der Waals surface area contributed by atoms with Crippen molar-refractivity contribution < 1.29 is 4.42 Å². The van der Waals surface area contributed by atoms with Gasteiger partial charge in [0, 0.05) is 21.9 Å². The Morgan fingerprint density at radius 3 is 1.77 bits per heavy atom. The molecule has 0 radical (unpaired) electrons. The quantitative estimate of drug-likeness (QED) is 0.134. The molecule has 1 aromatic heterocycles. The Kier molecular flexibility index (Phi) is 8.39. The Morgan fingerprint density at radius 2 is 1.04 bits per heavy atom. The van der Waals surface area contributed by atoms with Crippen LogP contribution >= 0.6 is 0 Å². The number of aliphatic imine (C=N–C) groups is 2. The van der Waals surface area contributed by atoms with E-state index in [1.165, 1.54) is 16.7 Å². The van der Waals surface area contributed by atoms with Gasteiger partial charge in [-0.15, -0.1) is 0 Å². The molecule has 4 nitrogen and oxygen atoms in total. The molecule has 0 spiro atoms. The molecule has 252 valence electrons. The summed E-state index contributed by atoms with van der Waals surface area (Å²) in [6, 6.07) is 64.9. The molecule has 2 N–H and O–H groups in total. The Balaban J connectivity index is 1.09. The maximum Gasteiger partial charge on any atom is 0.157 e. The van der Waals surface area contributed by atoms with Gasteiger partial charge in [-0.25, -0.2) is 4.99 Å². The number of furan rings is 1. The van der Waals surface area contributed by atoms with Crippen molar-refractivity contribution in [3.05, 3.63) is 205 Å². The zero-order chi connectivity index (χ0) is 35.6. The lowest BCUT2D eigenvalue weighted by atomic mass is 9.99. The van der Waals surface area contributed by atoms with E-state index in [4.69, 9.17) is 20.1 Å². The molecule has 0 aliphatic carbocycles. The molecule has 0 unspecified atom stereocenters. The number of rotatable bonds is 7. The van der Waals surface area contributed by atoms with Crippen molar-refractivity contribution in [3.63, 3.8) is 0 Å². The van der Waals surface area contributed by atoms with Gasteiger partial charge >= 0.3 is 0 Å². The lowest BCUT2D eigenvalue weighted by Crippen LogP contribution is -2.16. The number of amidine groups is 2. The van der Waals surface area contributed by atoms with Crippen LogP contribution in [0.25, 0.3) is 66.1 Å². The van der Waals surface area contributed by atoms with Crippen molar-refractivity contribution in [2.75, 3.05) is 0 Å². The van der Waals surface area contributed by atoms with Gasteiger partial charge < -0.3 is 10.2 Å². The van der Waals surface area contributed by atoms with Crippen LogP contribution in [0.5, 0.6) is 0 Å². The molecule has 0 fully saturated rings. The zero-order valence-corrected chi connectivity index (χ0v) is 29.0. The lowest BCUT2D eigenvalue weighted by Gasteiger charge is -2.09. The van der Waals surface area contributed by atoms with Gasteiger partial charge in [-0.3, -0.25) is 4.99 Å². The molecule has 1 heterocycles. The van der Waals surface area contributed by atoms with Crippen molar-refractivity contribution >= 4 is 44.4 Å². The van der Waals surface area contributed by atoms with Crippen molar-refractivity contribution in [1.29, 1.82) is 0 Å². The van der Waals surface area contributed by atoms with Crippen molar-refractivity contribution in [2.45, 2.75) is 6.54 Å².